The Morgan fingerprint density at radius 3 is 1.69 bits per heavy atom. The largest absolute Gasteiger partial charge is 1.00 e. The minimum atomic E-state index is -1.12. The van der Waals surface area contributed by atoms with Crippen molar-refractivity contribution in [1.29, 1.82) is 0 Å². The number of aliphatic hydroxyl groups excluding tert-OH is 1. The molecule has 2 aromatic heterocycles. The Balaban J connectivity index is 0. The average molecular weight is 561 g/mol. The number of rotatable bonds is 6. The maximum absolute atomic E-state index is 11.0. The highest BCUT2D eigenvalue weighted by Gasteiger charge is 2.16. The van der Waals surface area contributed by atoms with Crippen LogP contribution in [0.2, 0.25) is 0 Å². The fraction of sp³-hybridized carbons (Fsp3) is 0.409. The Bertz CT molecular complexity index is 745. The number of hydrogen-bond donors (Lipinski definition) is 1. The second-order valence-corrected chi connectivity index (χ2v) is 5.71. The van der Waals surface area contributed by atoms with Gasteiger partial charge in [-0.25, -0.2) is 14.4 Å². The van der Waals surface area contributed by atoms with Gasteiger partial charge in [0.25, 0.3) is 0 Å². The number of aliphatic hydroxyl groups is 1. The van der Waals surface area contributed by atoms with Gasteiger partial charge in [0.15, 0.2) is 6.10 Å². The van der Waals surface area contributed by atoms with Gasteiger partial charge < -0.3 is 43.3 Å². The molecule has 0 aliphatic rings. The summed E-state index contributed by atoms with van der Waals surface area (Å²) in [4.78, 5) is 39.9. The van der Waals surface area contributed by atoms with E-state index in [9.17, 15) is 19.5 Å². The van der Waals surface area contributed by atoms with E-state index in [1.54, 1.807) is 51.4 Å². The molecule has 0 amide bonds. The smallest absolute Gasteiger partial charge is 0.417 e. The number of carbonyl (C=O) groups is 3. The molecule has 0 aliphatic carbocycles. The maximum Gasteiger partial charge on any atom is 0.417 e. The fourth-order valence-corrected chi connectivity index (χ4v) is 1.87. The Morgan fingerprint density at radius 2 is 1.34 bits per heavy atom. The van der Waals surface area contributed by atoms with Gasteiger partial charge >= 0.3 is 17.9 Å². The lowest BCUT2D eigenvalue weighted by atomic mass is 10.2. The van der Waals surface area contributed by atoms with Crippen LogP contribution in [0.1, 0.15) is 32.2 Å². The molecule has 2 aromatic rings. The van der Waals surface area contributed by atoms with E-state index >= 15 is 0 Å². The second kappa shape index (κ2) is 20.3. The van der Waals surface area contributed by atoms with Crippen LogP contribution in [0.3, 0.4) is 0 Å². The molecule has 0 radical (unpaired) electrons. The van der Waals surface area contributed by atoms with E-state index in [1.807, 2.05) is 25.1 Å². The van der Waals surface area contributed by atoms with Crippen LogP contribution >= 0.6 is 0 Å². The Morgan fingerprint density at radius 1 is 0.844 bits per heavy atom. The molecule has 2 rings (SSSR count). The van der Waals surface area contributed by atoms with Crippen LogP contribution in [0.4, 0.5) is 0 Å². The van der Waals surface area contributed by atoms with E-state index in [-0.39, 0.29) is 50.2 Å². The van der Waals surface area contributed by atoms with Crippen LogP contribution in [0, 0.1) is 6.92 Å². The molecule has 0 aliphatic heterocycles. The number of ether oxygens (including phenoxy) is 3. The zero-order chi connectivity index (χ0) is 23.5. The number of nitrogens with zero attached hydrogens (tertiary/aromatic N) is 2. The highest BCUT2D eigenvalue weighted by atomic mass is 127. The van der Waals surface area contributed by atoms with Crippen molar-refractivity contribution in [3.05, 3.63) is 60.2 Å². The van der Waals surface area contributed by atoms with Gasteiger partial charge in [0.1, 0.15) is 0 Å². The lowest BCUT2D eigenvalue weighted by molar-refractivity contribution is -0.167. The Kier molecular flexibility index (Phi) is 20.0. The van der Waals surface area contributed by atoms with Crippen molar-refractivity contribution < 1.29 is 57.7 Å². The van der Waals surface area contributed by atoms with Crippen molar-refractivity contribution in [3.63, 3.8) is 0 Å². The van der Waals surface area contributed by atoms with Gasteiger partial charge in [0.2, 0.25) is 0 Å². The van der Waals surface area contributed by atoms with Crippen LogP contribution in [0.5, 0.6) is 0 Å². The fourth-order valence-electron chi connectivity index (χ4n) is 1.87. The van der Waals surface area contributed by atoms with E-state index in [1.165, 1.54) is 0 Å². The van der Waals surface area contributed by atoms with Crippen LogP contribution in [0.15, 0.2) is 48.8 Å². The number of esters is 3. The van der Waals surface area contributed by atoms with Gasteiger partial charge in [-0.1, -0.05) is 12.1 Å². The van der Waals surface area contributed by atoms with Crippen molar-refractivity contribution in [3.8, 4) is 0 Å². The summed E-state index contributed by atoms with van der Waals surface area (Å²) in [6.07, 6.45) is 2.48. The molecular formula is C22H30IN2O7-. The van der Waals surface area contributed by atoms with Crippen molar-refractivity contribution in [2.45, 2.75) is 40.2 Å². The molecule has 0 fully saturated rings. The Hall–Kier alpha value is -2.60. The van der Waals surface area contributed by atoms with Crippen molar-refractivity contribution >= 4 is 17.9 Å². The molecule has 0 saturated heterocycles. The van der Waals surface area contributed by atoms with Crippen LogP contribution < -0.4 is 24.0 Å². The number of aromatic nitrogens is 2. The summed E-state index contributed by atoms with van der Waals surface area (Å²) in [6.45, 7) is 7.58. The summed E-state index contributed by atoms with van der Waals surface area (Å²) in [6, 6.07) is 11.2. The number of halogens is 1. The van der Waals surface area contributed by atoms with Gasteiger partial charge in [0.05, 0.1) is 19.8 Å². The lowest BCUT2D eigenvalue weighted by Gasteiger charge is -2.08. The van der Waals surface area contributed by atoms with Crippen LogP contribution in [-0.2, 0) is 35.0 Å². The SMILES string of the molecule is CCOC(=O)C(=O)OCC.CCOC(=O)C(O)Cc1ccccn1.Cc1ccccn1.[I-]. The highest BCUT2D eigenvalue weighted by molar-refractivity contribution is 6.29. The molecule has 32 heavy (non-hydrogen) atoms. The molecule has 178 valence electrons. The zero-order valence-corrected chi connectivity index (χ0v) is 20.9. The third-order valence-electron chi connectivity index (χ3n) is 3.22. The summed E-state index contributed by atoms with van der Waals surface area (Å²) in [5.41, 5.74) is 1.75. The van der Waals surface area contributed by atoms with Gasteiger partial charge in [0, 0.05) is 30.2 Å². The predicted octanol–water partition coefficient (Wildman–Crippen LogP) is -0.945. The Labute approximate surface area is 205 Å². The van der Waals surface area contributed by atoms with Crippen molar-refractivity contribution in [1.82, 2.24) is 9.97 Å². The molecular weight excluding hydrogens is 531 g/mol. The standard InChI is InChI=1S/C10H13NO3.C6H7N.C6H10O4.HI/c1-2-14-10(13)9(12)7-8-5-3-4-6-11-8;1-6-4-2-3-5-7-6;1-3-9-5(7)6(8)10-4-2;/h3-6,9,12H,2,7H2,1H3;2-5H,1H3;3-4H2,1-2H3;1H/p-1. The first-order chi connectivity index (χ1) is 14.8. The molecule has 1 atom stereocenters. The first-order valence-corrected chi connectivity index (χ1v) is 9.81. The normalized spacial score (nSPS) is 9.91. The molecule has 2 heterocycles. The van der Waals surface area contributed by atoms with E-state index in [4.69, 9.17) is 0 Å². The minimum absolute atomic E-state index is 0. The molecule has 0 spiro atoms. The first kappa shape index (κ1) is 31.6. The van der Waals surface area contributed by atoms with Crippen LogP contribution in [0.25, 0.3) is 0 Å². The third-order valence-corrected chi connectivity index (χ3v) is 3.22. The third kappa shape index (κ3) is 16.1. The number of pyridine rings is 2. The summed E-state index contributed by atoms with van der Waals surface area (Å²) < 4.78 is 13.3. The lowest BCUT2D eigenvalue weighted by Crippen LogP contribution is -3.00. The summed E-state index contributed by atoms with van der Waals surface area (Å²) >= 11 is 0. The first-order valence-electron chi connectivity index (χ1n) is 9.81. The van der Waals surface area contributed by atoms with Gasteiger partial charge in [-0.15, -0.1) is 0 Å². The number of hydrogen-bond acceptors (Lipinski definition) is 9. The molecule has 0 saturated carbocycles. The molecule has 9 nitrogen and oxygen atoms in total. The molecule has 0 aromatic carbocycles. The van der Waals surface area contributed by atoms with E-state index in [2.05, 4.69) is 24.2 Å². The minimum Gasteiger partial charge on any atom is -1.00 e. The molecule has 10 heteroatoms. The van der Waals surface area contributed by atoms with Crippen molar-refractivity contribution in [2.24, 2.45) is 0 Å². The van der Waals surface area contributed by atoms with E-state index < -0.39 is 24.0 Å². The monoisotopic (exact) mass is 561 g/mol. The highest BCUT2D eigenvalue weighted by Crippen LogP contribution is 2.00. The maximum atomic E-state index is 11.0. The molecule has 1 N–H and O–H groups in total. The summed E-state index contributed by atoms with van der Waals surface area (Å²) in [5, 5.41) is 9.39. The summed E-state index contributed by atoms with van der Waals surface area (Å²) in [7, 11) is 0. The van der Waals surface area contributed by atoms with E-state index in [0.29, 0.717) is 5.69 Å². The summed E-state index contributed by atoms with van der Waals surface area (Å²) in [5.74, 6) is -2.45. The van der Waals surface area contributed by atoms with E-state index in [0.717, 1.165) is 5.69 Å². The number of aryl methyl sites for hydroxylation is 1. The van der Waals surface area contributed by atoms with Gasteiger partial charge in [-0.3, -0.25) is 9.97 Å². The van der Waals surface area contributed by atoms with Crippen LogP contribution in [-0.4, -0.2) is 58.9 Å². The molecule has 0 bridgehead atoms. The van der Waals surface area contributed by atoms with Gasteiger partial charge in [-0.2, -0.15) is 0 Å². The number of carbonyl (C=O) groups excluding carboxylic acids is 3. The topological polar surface area (TPSA) is 125 Å². The second-order valence-electron chi connectivity index (χ2n) is 5.71. The average Bonchev–Trinajstić information content (AvgIpc) is 2.76. The van der Waals surface area contributed by atoms with Gasteiger partial charge in [-0.05, 0) is 52.0 Å². The predicted molar refractivity (Wildman–Crippen MR) is 113 cm³/mol. The quantitative estimate of drug-likeness (QED) is 0.206. The van der Waals surface area contributed by atoms with Crippen molar-refractivity contribution in [2.75, 3.05) is 19.8 Å². The zero-order valence-electron chi connectivity index (χ0n) is 18.7. The molecule has 1 unspecified atom stereocenters.